The second kappa shape index (κ2) is 5.65. The second-order valence-electron chi connectivity index (χ2n) is 7.04. The van der Waals surface area contributed by atoms with Gasteiger partial charge in [0, 0.05) is 22.9 Å². The van der Waals surface area contributed by atoms with Crippen LogP contribution in [0.2, 0.25) is 0 Å². The third-order valence-electron chi connectivity index (χ3n) is 5.51. The first-order chi connectivity index (χ1) is 13.5. The average Bonchev–Trinajstić information content (AvgIpc) is 3.04. The summed E-state index contributed by atoms with van der Waals surface area (Å²) in [5.41, 5.74) is 6.37. The van der Waals surface area contributed by atoms with Crippen LogP contribution < -0.4 is 4.57 Å². The topological polar surface area (TPSA) is 17.0 Å². The number of benzene rings is 3. The predicted octanol–water partition coefficient (Wildman–Crippen LogP) is 5.99. The standard InChI is InChI=1S/C24H19FNO/c1-14-13-18-16-7-4-5-10-22(16)27-24(18)23(15(14)2)21-12-11-17-19(25)8-6-9-20(17)26(21)3/h4-13H,1-3H3/q+1/i11D. The van der Waals surface area contributed by atoms with Crippen LogP contribution in [0.25, 0.3) is 44.1 Å². The molecule has 0 aliphatic rings. The van der Waals surface area contributed by atoms with Crippen molar-refractivity contribution < 1.29 is 14.7 Å². The molecule has 2 nitrogen and oxygen atoms in total. The lowest BCUT2D eigenvalue weighted by atomic mass is 9.96. The molecule has 0 fully saturated rings. The number of aromatic nitrogens is 1. The molecule has 0 saturated carbocycles. The van der Waals surface area contributed by atoms with Crippen LogP contribution in [0.1, 0.15) is 12.5 Å². The number of hydrogen-bond acceptors (Lipinski definition) is 1. The van der Waals surface area contributed by atoms with Crippen LogP contribution in [-0.2, 0) is 7.05 Å². The van der Waals surface area contributed by atoms with Gasteiger partial charge < -0.3 is 4.42 Å². The number of furan rings is 1. The molecule has 0 unspecified atom stereocenters. The molecule has 2 heterocycles. The summed E-state index contributed by atoms with van der Waals surface area (Å²) >= 11 is 0. The van der Waals surface area contributed by atoms with E-state index in [1.165, 1.54) is 6.07 Å². The van der Waals surface area contributed by atoms with Gasteiger partial charge in [-0.25, -0.2) is 4.39 Å². The van der Waals surface area contributed by atoms with E-state index in [9.17, 15) is 4.39 Å². The second-order valence-corrected chi connectivity index (χ2v) is 7.04. The lowest BCUT2D eigenvalue weighted by Crippen LogP contribution is -2.32. The van der Waals surface area contributed by atoms with Crippen molar-refractivity contribution in [3.63, 3.8) is 0 Å². The van der Waals surface area contributed by atoms with Gasteiger partial charge in [0.25, 0.3) is 0 Å². The first-order valence-corrected chi connectivity index (χ1v) is 8.97. The molecule has 0 aliphatic heterocycles. The number of pyridine rings is 1. The Bertz CT molecular complexity index is 1420. The lowest BCUT2D eigenvalue weighted by Gasteiger charge is -2.10. The highest BCUT2D eigenvalue weighted by molar-refractivity contribution is 6.10. The summed E-state index contributed by atoms with van der Waals surface area (Å²) in [6, 6.07) is 17.0. The zero-order valence-corrected chi connectivity index (χ0v) is 15.4. The number of halogens is 1. The molecule has 5 aromatic rings. The van der Waals surface area contributed by atoms with Gasteiger partial charge in [0.1, 0.15) is 24.0 Å². The molecular weight excluding hydrogens is 337 g/mol. The highest BCUT2D eigenvalue weighted by Crippen LogP contribution is 2.38. The Hall–Kier alpha value is -3.20. The molecule has 0 atom stereocenters. The van der Waals surface area contributed by atoms with Crippen molar-refractivity contribution >= 4 is 32.8 Å². The van der Waals surface area contributed by atoms with Gasteiger partial charge in [0.2, 0.25) is 11.2 Å². The highest BCUT2D eigenvalue weighted by atomic mass is 19.1. The van der Waals surface area contributed by atoms with Crippen LogP contribution >= 0.6 is 0 Å². The van der Waals surface area contributed by atoms with Crippen molar-refractivity contribution in [1.82, 2.24) is 0 Å². The number of para-hydroxylation sites is 1. The minimum absolute atomic E-state index is 0.173. The van der Waals surface area contributed by atoms with Crippen molar-refractivity contribution in [2.24, 2.45) is 7.05 Å². The van der Waals surface area contributed by atoms with Crippen LogP contribution in [0.3, 0.4) is 0 Å². The molecule has 0 amide bonds. The molecule has 27 heavy (non-hydrogen) atoms. The Labute approximate surface area is 157 Å². The summed E-state index contributed by atoms with van der Waals surface area (Å²) in [6.45, 7) is 4.15. The summed E-state index contributed by atoms with van der Waals surface area (Å²) < 4.78 is 31.0. The van der Waals surface area contributed by atoms with Crippen molar-refractivity contribution in [3.8, 4) is 11.3 Å². The van der Waals surface area contributed by atoms with Gasteiger partial charge in [0.15, 0.2) is 0 Å². The Morgan fingerprint density at radius 3 is 2.63 bits per heavy atom. The van der Waals surface area contributed by atoms with E-state index in [-0.39, 0.29) is 11.9 Å². The smallest absolute Gasteiger partial charge is 0.216 e. The van der Waals surface area contributed by atoms with Crippen LogP contribution in [0.4, 0.5) is 4.39 Å². The Balaban J connectivity index is 1.97. The van der Waals surface area contributed by atoms with Crippen molar-refractivity contribution in [1.29, 1.82) is 0 Å². The Morgan fingerprint density at radius 1 is 0.963 bits per heavy atom. The van der Waals surface area contributed by atoms with Gasteiger partial charge in [-0.05, 0) is 49.2 Å². The molecule has 132 valence electrons. The first-order valence-electron chi connectivity index (χ1n) is 9.47. The largest absolute Gasteiger partial charge is 0.455 e. The zero-order chi connectivity index (χ0) is 19.6. The van der Waals surface area contributed by atoms with Crippen molar-refractivity contribution in [3.05, 3.63) is 77.6 Å². The summed E-state index contributed by atoms with van der Waals surface area (Å²) in [7, 11) is 1.91. The molecule has 3 heteroatoms. The SMILES string of the molecule is [2H]c1cc(-c2c(C)c(C)cc3c2oc2ccccc23)[n+](C)c2cccc(F)c12. The molecule has 2 aromatic heterocycles. The van der Waals surface area contributed by atoms with Crippen LogP contribution in [0, 0.1) is 19.7 Å². The molecule has 0 radical (unpaired) electrons. The maximum absolute atomic E-state index is 14.3. The minimum atomic E-state index is -0.375. The van der Waals surface area contributed by atoms with Crippen molar-refractivity contribution in [2.45, 2.75) is 13.8 Å². The van der Waals surface area contributed by atoms with E-state index in [2.05, 4.69) is 26.0 Å². The summed E-state index contributed by atoms with van der Waals surface area (Å²) in [5, 5.41) is 2.46. The van der Waals surface area contributed by atoms with Gasteiger partial charge in [-0.1, -0.05) is 24.3 Å². The fourth-order valence-electron chi connectivity index (χ4n) is 3.94. The Morgan fingerprint density at radius 2 is 1.78 bits per heavy atom. The van der Waals surface area contributed by atoms with E-state index < -0.39 is 0 Å². The average molecular weight is 357 g/mol. The van der Waals surface area contributed by atoms with E-state index in [1.807, 2.05) is 35.9 Å². The van der Waals surface area contributed by atoms with E-state index in [0.717, 1.165) is 44.3 Å². The number of fused-ring (bicyclic) bond motifs is 4. The third-order valence-corrected chi connectivity index (χ3v) is 5.51. The molecule has 3 aromatic carbocycles. The number of hydrogen-bond donors (Lipinski definition) is 0. The Kier molecular flexibility index (Phi) is 3.12. The third kappa shape index (κ3) is 2.21. The highest BCUT2D eigenvalue weighted by Gasteiger charge is 2.23. The van der Waals surface area contributed by atoms with Gasteiger partial charge in [-0.2, -0.15) is 4.57 Å². The molecule has 0 bridgehead atoms. The molecule has 0 aliphatic carbocycles. The fraction of sp³-hybridized carbons (Fsp3) is 0.125. The zero-order valence-electron chi connectivity index (χ0n) is 16.4. The number of rotatable bonds is 1. The number of nitrogens with zero attached hydrogens (tertiary/aromatic N) is 1. The number of aryl methyl sites for hydroxylation is 2. The van der Waals surface area contributed by atoms with Gasteiger partial charge >= 0.3 is 0 Å². The van der Waals surface area contributed by atoms with E-state index in [0.29, 0.717) is 10.9 Å². The lowest BCUT2D eigenvalue weighted by molar-refractivity contribution is -0.633. The van der Waals surface area contributed by atoms with E-state index >= 15 is 0 Å². The summed E-state index contributed by atoms with van der Waals surface area (Å²) in [4.78, 5) is 0. The van der Waals surface area contributed by atoms with E-state index in [1.54, 1.807) is 12.1 Å². The molecule has 0 saturated heterocycles. The maximum atomic E-state index is 14.3. The van der Waals surface area contributed by atoms with Gasteiger partial charge in [-0.3, -0.25) is 0 Å². The quantitative estimate of drug-likeness (QED) is 0.337. The van der Waals surface area contributed by atoms with Gasteiger partial charge in [-0.15, -0.1) is 0 Å². The maximum Gasteiger partial charge on any atom is 0.216 e. The molecule has 0 N–H and O–H groups in total. The van der Waals surface area contributed by atoms with Crippen molar-refractivity contribution in [2.75, 3.05) is 0 Å². The fourth-order valence-corrected chi connectivity index (χ4v) is 3.94. The molecule has 5 rings (SSSR count). The van der Waals surface area contributed by atoms with E-state index in [4.69, 9.17) is 5.79 Å². The van der Waals surface area contributed by atoms with Crippen LogP contribution in [-0.4, -0.2) is 0 Å². The van der Waals surface area contributed by atoms with Crippen LogP contribution in [0.15, 0.2) is 65.1 Å². The minimum Gasteiger partial charge on any atom is -0.455 e. The first kappa shape index (κ1) is 14.9. The molecule has 0 spiro atoms. The molecular formula is C24H19FNO+. The normalized spacial score (nSPS) is 12.2. The van der Waals surface area contributed by atoms with Gasteiger partial charge in [0.05, 0.1) is 12.3 Å². The monoisotopic (exact) mass is 357 g/mol. The summed E-state index contributed by atoms with van der Waals surface area (Å²) in [6.07, 6.45) is 0. The van der Waals surface area contributed by atoms with Crippen LogP contribution in [0.5, 0.6) is 0 Å². The summed E-state index contributed by atoms with van der Waals surface area (Å²) in [5.74, 6) is -0.375. The predicted molar refractivity (Wildman–Crippen MR) is 107 cm³/mol.